The molecule has 6 heteroatoms. The minimum atomic E-state index is -0.441. The van der Waals surface area contributed by atoms with Crippen molar-refractivity contribution in [1.29, 1.82) is 0 Å². The van der Waals surface area contributed by atoms with Crippen molar-refractivity contribution in [2.75, 3.05) is 27.4 Å². The lowest BCUT2D eigenvalue weighted by Crippen LogP contribution is -2.23. The SMILES string of the molecule is COC1=C(OC)C(=O)C2=C(CC(CO)(CCCCCCCCO)C2)C1=O. The Labute approximate surface area is 154 Å². The number of carbonyl (C=O) groups excluding carboxylic acids is 2. The number of hydrogen-bond donors (Lipinski definition) is 2. The highest BCUT2D eigenvalue weighted by Gasteiger charge is 2.47. The van der Waals surface area contributed by atoms with Crippen LogP contribution in [0.2, 0.25) is 0 Å². The third-order valence-corrected chi connectivity index (χ3v) is 5.49. The highest BCUT2D eigenvalue weighted by Crippen LogP contribution is 2.49. The number of allylic oxidation sites excluding steroid dienone is 2. The van der Waals surface area contributed by atoms with Crippen LogP contribution in [0.5, 0.6) is 0 Å². The molecule has 0 atom stereocenters. The molecule has 0 aromatic carbocycles. The van der Waals surface area contributed by atoms with Crippen LogP contribution in [0.15, 0.2) is 22.7 Å². The number of carbonyl (C=O) groups is 2. The van der Waals surface area contributed by atoms with Gasteiger partial charge in [0.15, 0.2) is 0 Å². The van der Waals surface area contributed by atoms with Crippen molar-refractivity contribution in [2.24, 2.45) is 5.41 Å². The molecule has 0 bridgehead atoms. The summed E-state index contributed by atoms with van der Waals surface area (Å²) in [5, 5.41) is 18.8. The topological polar surface area (TPSA) is 93.1 Å². The van der Waals surface area contributed by atoms with Crippen LogP contribution in [0.4, 0.5) is 0 Å². The maximum atomic E-state index is 12.7. The van der Waals surface area contributed by atoms with E-state index >= 15 is 0 Å². The van der Waals surface area contributed by atoms with Gasteiger partial charge in [0.25, 0.3) is 0 Å². The zero-order valence-corrected chi connectivity index (χ0v) is 15.8. The predicted octanol–water partition coefficient (Wildman–Crippen LogP) is 2.43. The molecule has 0 amide bonds. The summed E-state index contributed by atoms with van der Waals surface area (Å²) in [6.07, 6.45) is 7.67. The fraction of sp³-hybridized carbons (Fsp3) is 0.700. The Morgan fingerprint density at radius 3 is 1.69 bits per heavy atom. The first kappa shape index (κ1) is 20.6. The standard InChI is InChI=1S/C20H30O6/c1-25-18-16(23)14-11-20(13-22,9-7-5-3-4-6-8-10-21)12-15(14)17(24)19(18)26-2/h21-22H,3-13H2,1-2H3. The molecule has 2 aliphatic carbocycles. The van der Waals surface area contributed by atoms with Crippen LogP contribution in [-0.4, -0.2) is 49.2 Å². The molecule has 0 spiro atoms. The summed E-state index contributed by atoms with van der Waals surface area (Å²) < 4.78 is 10.2. The van der Waals surface area contributed by atoms with Crippen molar-refractivity contribution in [1.82, 2.24) is 0 Å². The molecule has 2 rings (SSSR count). The molecule has 6 nitrogen and oxygen atoms in total. The number of aliphatic hydroxyl groups excluding tert-OH is 2. The number of rotatable bonds is 11. The minimum Gasteiger partial charge on any atom is -0.489 e. The highest BCUT2D eigenvalue weighted by molar-refractivity contribution is 6.24. The molecule has 0 aromatic rings. The summed E-state index contributed by atoms with van der Waals surface area (Å²) in [5.74, 6) is -0.653. The second kappa shape index (κ2) is 9.33. The molecular weight excluding hydrogens is 336 g/mol. The van der Waals surface area contributed by atoms with Crippen LogP contribution in [0.1, 0.15) is 57.8 Å². The summed E-state index contributed by atoms with van der Waals surface area (Å²) in [6, 6.07) is 0. The fourth-order valence-corrected chi connectivity index (χ4v) is 4.00. The van der Waals surface area contributed by atoms with E-state index in [2.05, 4.69) is 0 Å². The fourth-order valence-electron chi connectivity index (χ4n) is 4.00. The van der Waals surface area contributed by atoms with Crippen molar-refractivity contribution in [3.8, 4) is 0 Å². The molecule has 0 fully saturated rings. The highest BCUT2D eigenvalue weighted by atomic mass is 16.5. The molecule has 0 radical (unpaired) electrons. The van der Waals surface area contributed by atoms with Crippen LogP contribution >= 0.6 is 0 Å². The third kappa shape index (κ3) is 4.18. The van der Waals surface area contributed by atoms with E-state index in [9.17, 15) is 14.7 Å². The maximum Gasteiger partial charge on any atom is 0.228 e. The summed E-state index contributed by atoms with van der Waals surface area (Å²) in [5.41, 5.74) is 0.512. The number of methoxy groups -OCH3 is 2. The summed E-state index contributed by atoms with van der Waals surface area (Å²) >= 11 is 0. The van der Waals surface area contributed by atoms with Crippen LogP contribution in [0.25, 0.3) is 0 Å². The zero-order chi connectivity index (χ0) is 19.2. The van der Waals surface area contributed by atoms with Gasteiger partial charge in [0.05, 0.1) is 14.2 Å². The number of ether oxygens (including phenoxy) is 2. The lowest BCUT2D eigenvalue weighted by molar-refractivity contribution is -0.121. The van der Waals surface area contributed by atoms with Gasteiger partial charge in [-0.1, -0.05) is 32.1 Å². The molecular formula is C20H30O6. The third-order valence-electron chi connectivity index (χ3n) is 5.49. The molecule has 26 heavy (non-hydrogen) atoms. The van der Waals surface area contributed by atoms with Gasteiger partial charge >= 0.3 is 0 Å². The van der Waals surface area contributed by atoms with Gasteiger partial charge in [-0.2, -0.15) is 0 Å². The molecule has 0 heterocycles. The van der Waals surface area contributed by atoms with E-state index in [-0.39, 0.29) is 36.3 Å². The van der Waals surface area contributed by atoms with Gasteiger partial charge in [-0.25, -0.2) is 0 Å². The average Bonchev–Trinajstić information content (AvgIpc) is 3.04. The smallest absolute Gasteiger partial charge is 0.228 e. The van der Waals surface area contributed by atoms with Gasteiger partial charge in [0, 0.05) is 29.8 Å². The first-order chi connectivity index (χ1) is 12.5. The molecule has 2 aliphatic rings. The summed E-state index contributed by atoms with van der Waals surface area (Å²) in [7, 11) is 2.71. The molecule has 146 valence electrons. The number of hydrogen-bond acceptors (Lipinski definition) is 6. The lowest BCUT2D eigenvalue weighted by Gasteiger charge is -2.27. The monoisotopic (exact) mass is 366 g/mol. The Hall–Kier alpha value is -1.66. The number of unbranched alkanes of at least 4 members (excludes halogenated alkanes) is 5. The first-order valence-electron chi connectivity index (χ1n) is 9.39. The van der Waals surface area contributed by atoms with Crippen LogP contribution in [0.3, 0.4) is 0 Å². The van der Waals surface area contributed by atoms with Gasteiger partial charge in [0.1, 0.15) is 0 Å². The summed E-state index contributed by atoms with van der Waals surface area (Å²) in [6.45, 7) is 0.198. The van der Waals surface area contributed by atoms with E-state index in [4.69, 9.17) is 14.6 Å². The number of Topliss-reactive ketones (excluding diaryl/α,β-unsaturated/α-hetero) is 2. The van der Waals surface area contributed by atoms with Gasteiger partial charge in [0.2, 0.25) is 23.1 Å². The Bertz CT molecular complexity index is 563. The van der Waals surface area contributed by atoms with Crippen LogP contribution < -0.4 is 0 Å². The Kier molecular flexibility index (Phi) is 7.41. The van der Waals surface area contributed by atoms with Crippen molar-refractivity contribution < 1.29 is 29.3 Å². The Morgan fingerprint density at radius 2 is 1.27 bits per heavy atom. The van der Waals surface area contributed by atoms with Crippen molar-refractivity contribution in [3.05, 3.63) is 22.7 Å². The van der Waals surface area contributed by atoms with E-state index in [1.165, 1.54) is 14.2 Å². The Morgan fingerprint density at radius 1 is 0.808 bits per heavy atom. The van der Waals surface area contributed by atoms with Crippen molar-refractivity contribution in [3.63, 3.8) is 0 Å². The van der Waals surface area contributed by atoms with E-state index < -0.39 is 5.41 Å². The van der Waals surface area contributed by atoms with Crippen molar-refractivity contribution in [2.45, 2.75) is 57.8 Å². The molecule has 0 saturated heterocycles. The molecule has 0 aliphatic heterocycles. The number of aliphatic hydroxyl groups is 2. The van der Waals surface area contributed by atoms with E-state index in [1.54, 1.807) is 0 Å². The van der Waals surface area contributed by atoms with Gasteiger partial charge in [-0.05, 0) is 25.7 Å². The van der Waals surface area contributed by atoms with E-state index in [0.29, 0.717) is 24.0 Å². The molecule has 2 N–H and O–H groups in total. The first-order valence-corrected chi connectivity index (χ1v) is 9.39. The normalized spacial score (nSPS) is 19.2. The molecule has 0 unspecified atom stereocenters. The van der Waals surface area contributed by atoms with Gasteiger partial charge in [-0.15, -0.1) is 0 Å². The lowest BCUT2D eigenvalue weighted by atomic mass is 9.79. The number of ketones is 2. The zero-order valence-electron chi connectivity index (χ0n) is 15.8. The largest absolute Gasteiger partial charge is 0.489 e. The predicted molar refractivity (Wildman–Crippen MR) is 96.2 cm³/mol. The van der Waals surface area contributed by atoms with Gasteiger partial charge in [-0.3, -0.25) is 9.59 Å². The van der Waals surface area contributed by atoms with Crippen LogP contribution in [0, 0.1) is 5.41 Å². The van der Waals surface area contributed by atoms with Gasteiger partial charge < -0.3 is 19.7 Å². The van der Waals surface area contributed by atoms with Crippen molar-refractivity contribution >= 4 is 11.6 Å². The second-order valence-electron chi connectivity index (χ2n) is 7.29. The summed E-state index contributed by atoms with van der Waals surface area (Å²) in [4.78, 5) is 25.3. The Balaban J connectivity index is 1.97. The quantitative estimate of drug-likeness (QED) is 0.431. The van der Waals surface area contributed by atoms with E-state index in [0.717, 1.165) is 44.9 Å². The van der Waals surface area contributed by atoms with Crippen LogP contribution in [-0.2, 0) is 19.1 Å². The maximum absolute atomic E-state index is 12.7. The second-order valence-corrected chi connectivity index (χ2v) is 7.29. The molecule has 0 saturated carbocycles. The van der Waals surface area contributed by atoms with E-state index in [1.807, 2.05) is 0 Å². The average molecular weight is 366 g/mol. The minimum absolute atomic E-state index is 0.0335. The molecule has 0 aromatic heterocycles.